The second-order valence-corrected chi connectivity index (χ2v) is 8.55. The lowest BCUT2D eigenvalue weighted by Crippen LogP contribution is -2.35. The molecule has 2 heterocycles. The van der Waals surface area contributed by atoms with E-state index in [9.17, 15) is 24.2 Å². The average molecular weight is 439 g/mol. The highest BCUT2D eigenvalue weighted by Gasteiger charge is 2.44. The highest BCUT2D eigenvalue weighted by molar-refractivity contribution is 6.03. The molecule has 0 aromatic heterocycles. The Labute approximate surface area is 185 Å². The van der Waals surface area contributed by atoms with Gasteiger partial charge >= 0.3 is 0 Å². The van der Waals surface area contributed by atoms with Crippen molar-refractivity contribution >= 4 is 18.0 Å². The van der Waals surface area contributed by atoms with Crippen molar-refractivity contribution in [3.63, 3.8) is 0 Å². The standard InChI is InChI=1S/C24H26FN3O4/c1-13(29)10-26-20(30)9-17-18-8-15(7-14-3-5-16(25)6-4-14)11-27-22(18)23(31)21-19(17)12-28(2)24(21)32/h3-6,8,11,13,18,22,29,31H,7,9-10,12H2,1-2H3,(H,26,30). The first-order valence-corrected chi connectivity index (χ1v) is 10.6. The third kappa shape index (κ3) is 4.23. The molecular weight excluding hydrogens is 413 g/mol. The Hall–Kier alpha value is -3.26. The van der Waals surface area contributed by atoms with Crippen molar-refractivity contribution in [3.8, 4) is 0 Å². The number of allylic oxidation sites excluding steroid dienone is 1. The van der Waals surface area contributed by atoms with Crippen molar-refractivity contribution < 1.29 is 24.2 Å². The van der Waals surface area contributed by atoms with E-state index >= 15 is 0 Å². The Morgan fingerprint density at radius 1 is 1.34 bits per heavy atom. The van der Waals surface area contributed by atoms with E-state index < -0.39 is 12.1 Å². The van der Waals surface area contributed by atoms with E-state index in [-0.39, 0.29) is 47.8 Å². The van der Waals surface area contributed by atoms with Crippen LogP contribution in [-0.4, -0.2) is 65.4 Å². The second kappa shape index (κ2) is 8.70. The lowest BCUT2D eigenvalue weighted by Gasteiger charge is -2.32. The van der Waals surface area contributed by atoms with Gasteiger partial charge in [0.2, 0.25) is 5.91 Å². The van der Waals surface area contributed by atoms with E-state index in [1.807, 2.05) is 6.08 Å². The maximum atomic E-state index is 13.2. The van der Waals surface area contributed by atoms with Crippen LogP contribution in [0.15, 0.2) is 63.4 Å². The summed E-state index contributed by atoms with van der Waals surface area (Å²) in [7, 11) is 1.65. The Bertz CT molecular complexity index is 1070. The second-order valence-electron chi connectivity index (χ2n) is 8.55. The largest absolute Gasteiger partial charge is 0.509 e. The van der Waals surface area contributed by atoms with Gasteiger partial charge in [0.25, 0.3) is 5.91 Å². The Balaban J connectivity index is 1.68. The normalized spacial score (nSPS) is 23.2. The number of nitrogens with one attached hydrogen (secondary N) is 1. The molecule has 1 aliphatic carbocycles. The minimum absolute atomic E-state index is 0.0387. The number of halogens is 1. The van der Waals surface area contributed by atoms with Crippen LogP contribution in [-0.2, 0) is 16.0 Å². The molecule has 8 heteroatoms. The minimum atomic E-state index is -0.670. The molecule has 2 aliphatic heterocycles. The number of benzene rings is 1. The van der Waals surface area contributed by atoms with Gasteiger partial charge in [0.05, 0.1) is 11.7 Å². The van der Waals surface area contributed by atoms with Crippen LogP contribution in [0.2, 0.25) is 0 Å². The number of aliphatic hydroxyl groups excluding tert-OH is 2. The predicted molar refractivity (Wildman–Crippen MR) is 118 cm³/mol. The number of hydrogen-bond acceptors (Lipinski definition) is 5. The van der Waals surface area contributed by atoms with E-state index in [2.05, 4.69) is 10.3 Å². The van der Waals surface area contributed by atoms with E-state index in [0.717, 1.165) is 16.7 Å². The molecule has 32 heavy (non-hydrogen) atoms. The lowest BCUT2D eigenvalue weighted by molar-refractivity contribution is -0.124. The zero-order valence-corrected chi connectivity index (χ0v) is 18.0. The molecular formula is C24H26FN3O4. The Kier molecular flexibility index (Phi) is 5.97. The first kappa shape index (κ1) is 22.0. The summed E-state index contributed by atoms with van der Waals surface area (Å²) in [5, 5.41) is 23.0. The Morgan fingerprint density at radius 3 is 2.75 bits per heavy atom. The quantitative estimate of drug-likeness (QED) is 0.630. The molecule has 0 radical (unpaired) electrons. The average Bonchev–Trinajstić information content (AvgIpc) is 3.06. The van der Waals surface area contributed by atoms with Crippen molar-refractivity contribution in [2.24, 2.45) is 10.9 Å². The van der Waals surface area contributed by atoms with Crippen molar-refractivity contribution in [2.75, 3.05) is 20.1 Å². The SMILES string of the molecule is CC(O)CNC(=O)CC1=C2CN(C)C(=O)C2=C(O)C2N=CC(Cc3ccc(F)cc3)=CC12. The van der Waals surface area contributed by atoms with Gasteiger partial charge in [-0.15, -0.1) is 0 Å². The molecule has 3 unspecified atom stereocenters. The Morgan fingerprint density at radius 2 is 2.06 bits per heavy atom. The van der Waals surface area contributed by atoms with Crippen molar-refractivity contribution in [1.29, 1.82) is 0 Å². The number of aliphatic hydroxyl groups is 2. The molecule has 168 valence electrons. The molecule has 3 atom stereocenters. The van der Waals surface area contributed by atoms with E-state index in [4.69, 9.17) is 0 Å². The highest BCUT2D eigenvalue weighted by Crippen LogP contribution is 2.43. The van der Waals surface area contributed by atoms with Crippen molar-refractivity contribution in [3.05, 3.63) is 69.8 Å². The van der Waals surface area contributed by atoms with Gasteiger partial charge in [0.15, 0.2) is 0 Å². The molecule has 3 aliphatic rings. The summed E-state index contributed by atoms with van der Waals surface area (Å²) in [5.74, 6) is -1.29. The first-order chi connectivity index (χ1) is 15.2. The number of aliphatic imine (C=N–C) groups is 1. The summed E-state index contributed by atoms with van der Waals surface area (Å²) in [6.45, 7) is 2.03. The monoisotopic (exact) mass is 439 g/mol. The molecule has 1 aromatic carbocycles. The summed E-state index contributed by atoms with van der Waals surface area (Å²) >= 11 is 0. The third-order valence-electron chi connectivity index (χ3n) is 5.99. The fourth-order valence-corrected chi connectivity index (χ4v) is 4.41. The van der Waals surface area contributed by atoms with Crippen molar-refractivity contribution in [2.45, 2.75) is 31.9 Å². The molecule has 1 fully saturated rings. The summed E-state index contributed by atoms with van der Waals surface area (Å²) in [6.07, 6.45) is 3.54. The number of carbonyl (C=O) groups is 2. The van der Waals surface area contributed by atoms with Crippen LogP contribution < -0.4 is 5.32 Å². The minimum Gasteiger partial charge on any atom is -0.509 e. The van der Waals surface area contributed by atoms with Gasteiger partial charge in [-0.1, -0.05) is 18.2 Å². The van der Waals surface area contributed by atoms with E-state index in [1.165, 1.54) is 17.0 Å². The van der Waals surface area contributed by atoms with Gasteiger partial charge in [-0.05, 0) is 47.8 Å². The number of likely N-dealkylation sites (tertiary alicyclic amines) is 1. The number of carbonyl (C=O) groups excluding carboxylic acids is 2. The van der Waals surface area contributed by atoms with E-state index in [1.54, 1.807) is 32.3 Å². The highest BCUT2D eigenvalue weighted by atomic mass is 19.1. The zero-order valence-electron chi connectivity index (χ0n) is 18.0. The fourth-order valence-electron chi connectivity index (χ4n) is 4.41. The molecule has 7 nitrogen and oxygen atoms in total. The van der Waals surface area contributed by atoms with Crippen molar-refractivity contribution in [1.82, 2.24) is 10.2 Å². The van der Waals surface area contributed by atoms with Crippen LogP contribution in [0.5, 0.6) is 0 Å². The fraction of sp³-hybridized carbons (Fsp3) is 0.375. The molecule has 4 rings (SSSR count). The summed E-state index contributed by atoms with van der Waals surface area (Å²) in [4.78, 5) is 31.3. The molecule has 1 aromatic rings. The topological polar surface area (TPSA) is 102 Å². The summed E-state index contributed by atoms with van der Waals surface area (Å²) in [6, 6.07) is 5.56. The molecule has 2 amide bonds. The van der Waals surface area contributed by atoms with Gasteiger partial charge < -0.3 is 20.4 Å². The molecule has 0 saturated carbocycles. The van der Waals surface area contributed by atoms with Gasteiger partial charge in [0, 0.05) is 38.7 Å². The zero-order chi connectivity index (χ0) is 23.0. The summed E-state index contributed by atoms with van der Waals surface area (Å²) in [5.41, 5.74) is 3.45. The van der Waals surface area contributed by atoms with Gasteiger partial charge in [-0.25, -0.2) is 4.39 Å². The predicted octanol–water partition coefficient (Wildman–Crippen LogP) is 1.85. The smallest absolute Gasteiger partial charge is 0.257 e. The van der Waals surface area contributed by atoms with Crippen LogP contribution in [0, 0.1) is 11.7 Å². The number of amides is 2. The number of fused-ring (bicyclic) bond motifs is 2. The molecule has 0 spiro atoms. The van der Waals surface area contributed by atoms with Gasteiger partial charge in [-0.3, -0.25) is 14.6 Å². The number of nitrogens with zero attached hydrogens (tertiary/aromatic N) is 2. The molecule has 1 saturated heterocycles. The van der Waals surface area contributed by atoms with Crippen LogP contribution in [0.25, 0.3) is 0 Å². The maximum absolute atomic E-state index is 13.2. The van der Waals surface area contributed by atoms with E-state index in [0.29, 0.717) is 18.5 Å². The lowest BCUT2D eigenvalue weighted by atomic mass is 9.76. The number of dihydropyridines is 1. The maximum Gasteiger partial charge on any atom is 0.257 e. The van der Waals surface area contributed by atoms with Crippen LogP contribution in [0.4, 0.5) is 4.39 Å². The summed E-state index contributed by atoms with van der Waals surface area (Å²) < 4.78 is 13.2. The van der Waals surface area contributed by atoms with Gasteiger partial charge in [0.1, 0.15) is 17.6 Å². The first-order valence-electron chi connectivity index (χ1n) is 10.6. The number of likely N-dealkylation sites (N-methyl/N-ethyl adjacent to an activating group) is 1. The number of rotatable bonds is 6. The third-order valence-corrected chi connectivity index (χ3v) is 5.99. The van der Waals surface area contributed by atoms with Crippen LogP contribution >= 0.6 is 0 Å². The van der Waals surface area contributed by atoms with Gasteiger partial charge in [-0.2, -0.15) is 0 Å². The van der Waals surface area contributed by atoms with Crippen LogP contribution in [0.3, 0.4) is 0 Å². The number of hydrogen-bond donors (Lipinski definition) is 3. The van der Waals surface area contributed by atoms with Crippen LogP contribution in [0.1, 0.15) is 18.9 Å². The molecule has 0 bridgehead atoms. The molecule has 3 N–H and O–H groups in total.